The van der Waals surface area contributed by atoms with Crippen molar-refractivity contribution in [2.24, 2.45) is 4.99 Å². The molecule has 2 aromatic rings. The van der Waals surface area contributed by atoms with E-state index in [1.165, 1.54) is 27.6 Å². The van der Waals surface area contributed by atoms with E-state index in [9.17, 15) is 0 Å². The molecule has 1 heterocycles. The molecule has 0 aliphatic heterocycles. The van der Waals surface area contributed by atoms with Crippen LogP contribution in [0.1, 0.15) is 22.3 Å². The summed E-state index contributed by atoms with van der Waals surface area (Å²) in [6, 6.07) is 4.07. The molecule has 0 atom stereocenters. The summed E-state index contributed by atoms with van der Waals surface area (Å²) in [6.07, 6.45) is 5.56. The second kappa shape index (κ2) is 4.50. The van der Waals surface area contributed by atoms with Gasteiger partial charge < -0.3 is 0 Å². The van der Waals surface area contributed by atoms with Gasteiger partial charge in [-0.3, -0.25) is 9.98 Å². The van der Waals surface area contributed by atoms with Gasteiger partial charge >= 0.3 is 0 Å². The molecule has 1 aromatic heterocycles. The predicted molar refractivity (Wildman–Crippen MR) is 74.5 cm³/mol. The lowest BCUT2D eigenvalue weighted by atomic mass is 9.94. The third-order valence-corrected chi connectivity index (χ3v) is 3.33. The number of hydrogen-bond acceptors (Lipinski definition) is 2. The molecule has 0 N–H and O–H groups in total. The zero-order valence-electron chi connectivity index (χ0n) is 10.5. The van der Waals surface area contributed by atoms with Gasteiger partial charge in [-0.2, -0.15) is 0 Å². The highest BCUT2D eigenvalue weighted by atomic mass is 14.7. The second-order valence-corrected chi connectivity index (χ2v) is 4.19. The molecular weight excluding hydrogens is 208 g/mol. The summed E-state index contributed by atoms with van der Waals surface area (Å²) >= 11 is 0. The van der Waals surface area contributed by atoms with Gasteiger partial charge in [-0.1, -0.05) is 6.07 Å². The van der Waals surface area contributed by atoms with Crippen LogP contribution in [0.15, 0.2) is 29.5 Å². The molecule has 0 unspecified atom stereocenters. The molecule has 0 bridgehead atoms. The Morgan fingerprint density at radius 3 is 2.65 bits per heavy atom. The zero-order valence-corrected chi connectivity index (χ0v) is 10.5. The minimum atomic E-state index is 1.07. The molecule has 0 saturated heterocycles. The highest BCUT2D eigenvalue weighted by Gasteiger charge is 2.10. The maximum atomic E-state index is 4.47. The van der Waals surface area contributed by atoms with E-state index < -0.39 is 0 Å². The van der Waals surface area contributed by atoms with Crippen LogP contribution in [0.5, 0.6) is 0 Å². The lowest BCUT2D eigenvalue weighted by Gasteiger charge is -2.13. The Kier molecular flexibility index (Phi) is 3.05. The number of hydrogen-bond donors (Lipinski definition) is 0. The fourth-order valence-electron chi connectivity index (χ4n) is 2.13. The van der Waals surface area contributed by atoms with Crippen LogP contribution in [0.2, 0.25) is 0 Å². The van der Waals surface area contributed by atoms with Gasteiger partial charge in [0.15, 0.2) is 0 Å². The van der Waals surface area contributed by atoms with Crippen LogP contribution in [0.3, 0.4) is 0 Å². The molecule has 17 heavy (non-hydrogen) atoms. The van der Waals surface area contributed by atoms with Crippen molar-refractivity contribution in [3.63, 3.8) is 0 Å². The first-order chi connectivity index (χ1) is 8.16. The van der Waals surface area contributed by atoms with E-state index in [1.54, 1.807) is 6.20 Å². The predicted octanol–water partition coefficient (Wildman–Crippen LogP) is 3.83. The van der Waals surface area contributed by atoms with Crippen LogP contribution in [0, 0.1) is 20.8 Å². The average molecular weight is 224 g/mol. The van der Waals surface area contributed by atoms with Gasteiger partial charge in [0.1, 0.15) is 0 Å². The zero-order chi connectivity index (χ0) is 12.4. The number of aryl methyl sites for hydroxylation is 1. The van der Waals surface area contributed by atoms with Crippen molar-refractivity contribution in [1.82, 2.24) is 4.98 Å². The third-order valence-electron chi connectivity index (χ3n) is 3.33. The Labute approximate surface area is 102 Å². The van der Waals surface area contributed by atoms with Crippen molar-refractivity contribution in [1.29, 1.82) is 0 Å². The highest BCUT2D eigenvalue weighted by Crippen LogP contribution is 2.28. The van der Waals surface area contributed by atoms with Crippen LogP contribution in [-0.2, 0) is 0 Å². The van der Waals surface area contributed by atoms with Crippen molar-refractivity contribution >= 4 is 23.7 Å². The summed E-state index contributed by atoms with van der Waals surface area (Å²) in [6.45, 7) is 9.87. The fourth-order valence-corrected chi connectivity index (χ4v) is 2.13. The van der Waals surface area contributed by atoms with Crippen molar-refractivity contribution in [2.75, 3.05) is 0 Å². The highest BCUT2D eigenvalue weighted by molar-refractivity contribution is 5.92. The van der Waals surface area contributed by atoms with Crippen molar-refractivity contribution < 1.29 is 0 Å². The van der Waals surface area contributed by atoms with Gasteiger partial charge in [-0.05, 0) is 61.9 Å². The topological polar surface area (TPSA) is 25.2 Å². The van der Waals surface area contributed by atoms with E-state index in [-0.39, 0.29) is 0 Å². The minimum Gasteiger partial charge on any atom is -0.272 e. The molecular formula is C15H16N2. The van der Waals surface area contributed by atoms with E-state index in [0.29, 0.717) is 0 Å². The number of fused-ring (bicyclic) bond motifs is 1. The molecule has 2 nitrogen and oxygen atoms in total. The number of aliphatic imine (C=N–C) groups is 1. The summed E-state index contributed by atoms with van der Waals surface area (Å²) < 4.78 is 0. The first-order valence-electron chi connectivity index (χ1n) is 5.63. The number of benzene rings is 1. The van der Waals surface area contributed by atoms with Crippen LogP contribution in [0.25, 0.3) is 17.0 Å². The molecule has 0 aliphatic rings. The average Bonchev–Trinajstić information content (AvgIpc) is 2.36. The lowest BCUT2D eigenvalue weighted by Crippen LogP contribution is -1.95. The molecule has 0 fully saturated rings. The summed E-state index contributed by atoms with van der Waals surface area (Å²) in [5, 5.41) is 1.17. The van der Waals surface area contributed by atoms with Gasteiger partial charge in [0.2, 0.25) is 0 Å². The minimum absolute atomic E-state index is 1.07. The molecule has 0 aliphatic carbocycles. The molecule has 0 spiro atoms. The molecule has 0 radical (unpaired) electrons. The Bertz CT molecular complexity index is 610. The van der Waals surface area contributed by atoms with E-state index in [4.69, 9.17) is 0 Å². The van der Waals surface area contributed by atoms with Crippen LogP contribution < -0.4 is 0 Å². The van der Waals surface area contributed by atoms with E-state index in [1.807, 2.05) is 18.3 Å². The van der Waals surface area contributed by atoms with Gasteiger partial charge in [-0.25, -0.2) is 0 Å². The third kappa shape index (κ3) is 1.86. The molecule has 2 rings (SSSR count). The molecule has 0 saturated carbocycles. The number of nitrogens with zero attached hydrogens (tertiary/aromatic N) is 2. The van der Waals surface area contributed by atoms with Crippen molar-refractivity contribution in [2.45, 2.75) is 20.8 Å². The Morgan fingerprint density at radius 2 is 1.94 bits per heavy atom. The van der Waals surface area contributed by atoms with Crippen LogP contribution in [0.4, 0.5) is 0 Å². The van der Waals surface area contributed by atoms with Gasteiger partial charge in [-0.15, -0.1) is 0 Å². The monoisotopic (exact) mass is 224 g/mol. The Balaban J connectivity index is 2.89. The smallest absolute Gasteiger partial charge is 0.0739 e. The Hall–Kier alpha value is -1.96. The maximum Gasteiger partial charge on any atom is 0.0739 e. The number of rotatable bonds is 2. The van der Waals surface area contributed by atoms with E-state index in [0.717, 1.165) is 5.52 Å². The number of aromatic nitrogens is 1. The SMILES string of the molecule is C=N/C=C\c1c(C)c(C)c(C)c2ncccc12. The van der Waals surface area contributed by atoms with E-state index in [2.05, 4.69) is 43.5 Å². The van der Waals surface area contributed by atoms with Crippen LogP contribution in [-0.4, -0.2) is 11.7 Å². The summed E-state index contributed by atoms with van der Waals surface area (Å²) in [5.74, 6) is 0. The number of pyridine rings is 1. The van der Waals surface area contributed by atoms with Gasteiger partial charge in [0.25, 0.3) is 0 Å². The maximum absolute atomic E-state index is 4.47. The standard InChI is InChI=1S/C15H16N2/c1-10-11(2)13(7-9-16-4)14-6-5-8-17-15(14)12(10)3/h5-9H,4H2,1-3H3/b9-7-. The fraction of sp³-hybridized carbons (Fsp3) is 0.200. The van der Waals surface area contributed by atoms with Crippen molar-refractivity contribution in [3.8, 4) is 0 Å². The molecule has 2 heteroatoms. The van der Waals surface area contributed by atoms with Crippen molar-refractivity contribution in [3.05, 3.63) is 46.8 Å². The summed E-state index contributed by atoms with van der Waals surface area (Å²) in [7, 11) is 0. The first-order valence-corrected chi connectivity index (χ1v) is 5.63. The molecule has 0 amide bonds. The molecule has 1 aromatic carbocycles. The van der Waals surface area contributed by atoms with Gasteiger partial charge in [0.05, 0.1) is 5.52 Å². The second-order valence-electron chi connectivity index (χ2n) is 4.19. The molecule has 86 valence electrons. The summed E-state index contributed by atoms with van der Waals surface area (Å²) in [5.41, 5.74) is 6.08. The normalized spacial score (nSPS) is 11.2. The van der Waals surface area contributed by atoms with E-state index >= 15 is 0 Å². The Morgan fingerprint density at radius 1 is 1.18 bits per heavy atom. The lowest BCUT2D eigenvalue weighted by molar-refractivity contribution is 1.25. The summed E-state index contributed by atoms with van der Waals surface area (Å²) in [4.78, 5) is 8.25. The first kappa shape index (κ1) is 11.5. The quantitative estimate of drug-likeness (QED) is 0.712. The van der Waals surface area contributed by atoms with Crippen LogP contribution >= 0.6 is 0 Å². The largest absolute Gasteiger partial charge is 0.272 e. The van der Waals surface area contributed by atoms with Gasteiger partial charge in [0, 0.05) is 17.8 Å².